The van der Waals surface area contributed by atoms with Gasteiger partial charge in [-0.1, -0.05) is 42.5 Å². The molecule has 5 nitrogen and oxygen atoms in total. The highest BCUT2D eigenvalue weighted by Crippen LogP contribution is 2.23. The molecule has 27 heavy (non-hydrogen) atoms. The van der Waals surface area contributed by atoms with Crippen molar-refractivity contribution in [1.82, 2.24) is 16.3 Å². The highest BCUT2D eigenvalue weighted by Gasteiger charge is 2.29. The van der Waals surface area contributed by atoms with Gasteiger partial charge in [0.1, 0.15) is 6.04 Å². The molecule has 1 amide bonds. The molecule has 1 fully saturated rings. The highest BCUT2D eigenvalue weighted by molar-refractivity contribution is 5.99. The molecular weight excluding hydrogens is 336 g/mol. The van der Waals surface area contributed by atoms with Crippen molar-refractivity contribution in [2.75, 3.05) is 0 Å². The molecule has 2 atom stereocenters. The van der Waals surface area contributed by atoms with Gasteiger partial charge in [-0.05, 0) is 67.3 Å². The molecule has 2 aromatic rings. The Morgan fingerprint density at radius 2 is 1.81 bits per heavy atom. The van der Waals surface area contributed by atoms with E-state index in [0.29, 0.717) is 6.42 Å². The van der Waals surface area contributed by atoms with Crippen LogP contribution < -0.4 is 16.3 Å². The Hall–Kier alpha value is -2.50. The van der Waals surface area contributed by atoms with Crippen LogP contribution in [0.1, 0.15) is 54.5 Å². The van der Waals surface area contributed by atoms with Crippen molar-refractivity contribution in [2.24, 2.45) is 5.10 Å². The van der Waals surface area contributed by atoms with Crippen molar-refractivity contribution in [1.29, 1.82) is 0 Å². The summed E-state index contributed by atoms with van der Waals surface area (Å²) in [5, 5.41) is 4.33. The number of rotatable bonds is 4. The molecule has 4 rings (SSSR count). The first-order chi connectivity index (χ1) is 13.2. The van der Waals surface area contributed by atoms with Crippen molar-refractivity contribution in [3.05, 3.63) is 70.8 Å². The van der Waals surface area contributed by atoms with E-state index < -0.39 is 0 Å². The molecule has 1 aliphatic heterocycles. The van der Waals surface area contributed by atoms with Crippen LogP contribution in [0.25, 0.3) is 0 Å². The molecule has 0 radical (unpaired) electrons. The van der Waals surface area contributed by atoms with Crippen LogP contribution in [0.2, 0.25) is 0 Å². The smallest absolute Gasteiger partial charge is 0.258 e. The summed E-state index contributed by atoms with van der Waals surface area (Å²) in [7, 11) is 0. The number of amides is 1. The SMILES string of the molecule is C/C(=N\NC(=O)C1CC(c2ccccc2)NN1)c1ccc2c(c1)CCCC2. The largest absolute Gasteiger partial charge is 0.271 e. The third kappa shape index (κ3) is 4.10. The van der Waals surface area contributed by atoms with Crippen LogP contribution in [0.15, 0.2) is 53.6 Å². The number of aryl methyl sites for hydroxylation is 2. The molecule has 5 heteroatoms. The Balaban J connectivity index is 1.37. The monoisotopic (exact) mass is 362 g/mol. The molecule has 1 aliphatic carbocycles. The Labute approximate surface area is 160 Å². The summed E-state index contributed by atoms with van der Waals surface area (Å²) in [6, 6.07) is 16.5. The van der Waals surface area contributed by atoms with Gasteiger partial charge in [0.15, 0.2) is 0 Å². The van der Waals surface area contributed by atoms with Crippen molar-refractivity contribution < 1.29 is 4.79 Å². The fourth-order valence-corrected chi connectivity index (χ4v) is 3.87. The molecule has 3 N–H and O–H groups in total. The molecule has 1 saturated heterocycles. The lowest BCUT2D eigenvalue weighted by molar-refractivity contribution is -0.122. The van der Waals surface area contributed by atoms with Gasteiger partial charge in [-0.3, -0.25) is 4.79 Å². The second kappa shape index (κ2) is 8.03. The maximum absolute atomic E-state index is 12.5. The average molecular weight is 362 g/mol. The third-order valence-electron chi connectivity index (χ3n) is 5.52. The molecule has 0 spiro atoms. The fourth-order valence-electron chi connectivity index (χ4n) is 3.87. The normalized spacial score (nSPS) is 22.3. The van der Waals surface area contributed by atoms with Crippen LogP contribution in [0.5, 0.6) is 0 Å². The van der Waals surface area contributed by atoms with E-state index >= 15 is 0 Å². The second-order valence-electron chi connectivity index (χ2n) is 7.40. The minimum Gasteiger partial charge on any atom is -0.271 e. The van der Waals surface area contributed by atoms with Crippen LogP contribution in [0, 0.1) is 0 Å². The van der Waals surface area contributed by atoms with Crippen molar-refractivity contribution in [3.63, 3.8) is 0 Å². The molecule has 2 aromatic carbocycles. The molecule has 140 valence electrons. The van der Waals surface area contributed by atoms with Gasteiger partial charge in [-0.2, -0.15) is 5.10 Å². The van der Waals surface area contributed by atoms with E-state index in [1.807, 2.05) is 25.1 Å². The topological polar surface area (TPSA) is 65.5 Å². The summed E-state index contributed by atoms with van der Waals surface area (Å²) in [5.74, 6) is -0.113. The van der Waals surface area contributed by atoms with E-state index in [1.165, 1.54) is 36.0 Å². The molecule has 2 unspecified atom stereocenters. The summed E-state index contributed by atoms with van der Waals surface area (Å²) in [5.41, 5.74) is 15.0. The number of nitrogens with zero attached hydrogens (tertiary/aromatic N) is 1. The number of hydrogen-bond acceptors (Lipinski definition) is 4. The lowest BCUT2D eigenvalue weighted by Gasteiger charge is -2.16. The number of benzene rings is 2. The number of hydrazine groups is 1. The van der Waals surface area contributed by atoms with E-state index in [1.54, 1.807) is 0 Å². The molecule has 1 heterocycles. The third-order valence-corrected chi connectivity index (χ3v) is 5.52. The Morgan fingerprint density at radius 1 is 1.04 bits per heavy atom. The van der Waals surface area contributed by atoms with Crippen molar-refractivity contribution in [3.8, 4) is 0 Å². The van der Waals surface area contributed by atoms with E-state index in [2.05, 4.69) is 51.7 Å². The lowest BCUT2D eigenvalue weighted by Crippen LogP contribution is -2.41. The molecule has 0 saturated carbocycles. The summed E-state index contributed by atoms with van der Waals surface area (Å²) in [6.07, 6.45) is 5.55. The quantitative estimate of drug-likeness (QED) is 0.579. The number of carbonyl (C=O) groups is 1. The zero-order valence-electron chi connectivity index (χ0n) is 15.7. The minimum atomic E-state index is -0.296. The highest BCUT2D eigenvalue weighted by atomic mass is 16.2. The molecular formula is C22H26N4O. The fraction of sp³-hybridized carbons (Fsp3) is 0.364. The Bertz CT molecular complexity index is 847. The maximum Gasteiger partial charge on any atom is 0.258 e. The van der Waals surface area contributed by atoms with Gasteiger partial charge in [0.05, 0.1) is 5.71 Å². The average Bonchev–Trinajstić information content (AvgIpc) is 3.22. The maximum atomic E-state index is 12.5. The summed E-state index contributed by atoms with van der Waals surface area (Å²) < 4.78 is 0. The number of hydrogen-bond donors (Lipinski definition) is 3. The summed E-state index contributed by atoms with van der Waals surface area (Å²) in [6.45, 7) is 1.94. The van der Waals surface area contributed by atoms with Gasteiger partial charge in [-0.15, -0.1) is 0 Å². The van der Waals surface area contributed by atoms with E-state index in [-0.39, 0.29) is 18.0 Å². The van der Waals surface area contributed by atoms with Gasteiger partial charge in [0.25, 0.3) is 5.91 Å². The van der Waals surface area contributed by atoms with E-state index in [0.717, 1.165) is 17.7 Å². The Kier molecular flexibility index (Phi) is 5.32. The van der Waals surface area contributed by atoms with Crippen LogP contribution in [-0.4, -0.2) is 17.7 Å². The lowest BCUT2D eigenvalue weighted by atomic mass is 9.90. The van der Waals surface area contributed by atoms with Gasteiger partial charge in [0.2, 0.25) is 0 Å². The number of carbonyl (C=O) groups excluding carboxylic acids is 1. The van der Waals surface area contributed by atoms with Gasteiger partial charge < -0.3 is 0 Å². The van der Waals surface area contributed by atoms with Crippen molar-refractivity contribution in [2.45, 2.75) is 51.1 Å². The first kappa shape index (κ1) is 17.9. The van der Waals surface area contributed by atoms with E-state index in [4.69, 9.17) is 0 Å². The zero-order chi connectivity index (χ0) is 18.6. The predicted octanol–water partition coefficient (Wildman–Crippen LogP) is 3.01. The number of hydrazone groups is 1. The van der Waals surface area contributed by atoms with Crippen LogP contribution in [-0.2, 0) is 17.6 Å². The van der Waals surface area contributed by atoms with Gasteiger partial charge in [0, 0.05) is 6.04 Å². The van der Waals surface area contributed by atoms with Crippen molar-refractivity contribution >= 4 is 11.6 Å². The van der Waals surface area contributed by atoms with Crippen LogP contribution in [0.3, 0.4) is 0 Å². The van der Waals surface area contributed by atoms with Crippen LogP contribution >= 0.6 is 0 Å². The Morgan fingerprint density at radius 3 is 2.63 bits per heavy atom. The number of nitrogens with one attached hydrogen (secondary N) is 3. The van der Waals surface area contributed by atoms with E-state index in [9.17, 15) is 4.79 Å². The summed E-state index contributed by atoms with van der Waals surface area (Å²) in [4.78, 5) is 12.5. The first-order valence-corrected chi connectivity index (χ1v) is 9.73. The predicted molar refractivity (Wildman–Crippen MR) is 107 cm³/mol. The first-order valence-electron chi connectivity index (χ1n) is 9.73. The standard InChI is InChI=1S/C22H26N4O/c1-15(18-12-11-16-7-5-6-10-19(16)13-18)23-26-22(27)21-14-20(24-25-21)17-8-3-2-4-9-17/h2-4,8-9,11-13,20-21,24-25H,5-7,10,14H2,1H3,(H,26,27)/b23-15+. The van der Waals surface area contributed by atoms with Crippen LogP contribution in [0.4, 0.5) is 0 Å². The molecule has 0 aromatic heterocycles. The zero-order valence-corrected chi connectivity index (χ0v) is 15.7. The molecule has 2 aliphatic rings. The van der Waals surface area contributed by atoms with Gasteiger partial charge >= 0.3 is 0 Å². The van der Waals surface area contributed by atoms with Gasteiger partial charge in [-0.25, -0.2) is 16.3 Å². The minimum absolute atomic E-state index is 0.113. The number of fused-ring (bicyclic) bond motifs is 1. The summed E-state index contributed by atoms with van der Waals surface area (Å²) >= 11 is 0. The molecule has 0 bridgehead atoms. The second-order valence-corrected chi connectivity index (χ2v) is 7.40.